The van der Waals surface area contributed by atoms with Crippen LogP contribution in [0.5, 0.6) is 0 Å². The Labute approximate surface area is 86.4 Å². The first kappa shape index (κ1) is 12.0. The molecule has 0 amide bonds. The van der Waals surface area contributed by atoms with Gasteiger partial charge in [-0.15, -0.1) is 10.2 Å². The van der Waals surface area contributed by atoms with Gasteiger partial charge in [0, 0.05) is 13.6 Å². The SMILES string of the molecule is Cn1cnnc1CNCCOCC(F)F. The molecule has 1 rings (SSSR count). The fourth-order valence-corrected chi connectivity index (χ4v) is 0.984. The minimum Gasteiger partial charge on any atom is -0.374 e. The van der Waals surface area contributed by atoms with Crippen molar-refractivity contribution in [2.75, 3.05) is 19.8 Å². The number of ether oxygens (including phenoxy) is 1. The van der Waals surface area contributed by atoms with Gasteiger partial charge in [-0.3, -0.25) is 0 Å². The van der Waals surface area contributed by atoms with Crippen molar-refractivity contribution in [1.29, 1.82) is 0 Å². The van der Waals surface area contributed by atoms with Crippen LogP contribution in [0.25, 0.3) is 0 Å². The minimum absolute atomic E-state index is 0.266. The number of hydrogen-bond donors (Lipinski definition) is 1. The number of nitrogens with one attached hydrogen (secondary N) is 1. The lowest BCUT2D eigenvalue weighted by molar-refractivity contribution is 0.0186. The quantitative estimate of drug-likeness (QED) is 0.666. The maximum Gasteiger partial charge on any atom is 0.261 e. The number of alkyl halides is 2. The molecule has 0 saturated heterocycles. The van der Waals surface area contributed by atoms with Crippen molar-refractivity contribution in [1.82, 2.24) is 20.1 Å². The summed E-state index contributed by atoms with van der Waals surface area (Å²) >= 11 is 0. The van der Waals surface area contributed by atoms with Crippen molar-refractivity contribution in [3.05, 3.63) is 12.2 Å². The standard InChI is InChI=1S/C8H14F2N4O/c1-14-6-12-13-8(14)4-11-2-3-15-5-7(9)10/h6-7,11H,2-5H2,1H3. The predicted molar refractivity (Wildman–Crippen MR) is 49.5 cm³/mol. The molecule has 1 aromatic rings. The van der Waals surface area contributed by atoms with Crippen LogP contribution in [0.3, 0.4) is 0 Å². The fourth-order valence-electron chi connectivity index (χ4n) is 0.984. The van der Waals surface area contributed by atoms with Gasteiger partial charge >= 0.3 is 0 Å². The van der Waals surface area contributed by atoms with Gasteiger partial charge in [-0.1, -0.05) is 0 Å². The average Bonchev–Trinajstić information content (AvgIpc) is 2.57. The molecular weight excluding hydrogens is 206 g/mol. The molecule has 0 aromatic carbocycles. The Bertz CT molecular complexity index is 279. The predicted octanol–water partition coefficient (Wildman–Crippen LogP) is 0.186. The van der Waals surface area contributed by atoms with Gasteiger partial charge in [0.15, 0.2) is 0 Å². The highest BCUT2D eigenvalue weighted by atomic mass is 19.3. The fraction of sp³-hybridized carbons (Fsp3) is 0.750. The van der Waals surface area contributed by atoms with E-state index >= 15 is 0 Å². The van der Waals surface area contributed by atoms with E-state index in [1.165, 1.54) is 0 Å². The van der Waals surface area contributed by atoms with Gasteiger partial charge in [0.2, 0.25) is 0 Å². The van der Waals surface area contributed by atoms with Crippen LogP contribution in [-0.4, -0.2) is 40.9 Å². The molecule has 0 aliphatic carbocycles. The topological polar surface area (TPSA) is 52.0 Å². The Morgan fingerprint density at radius 3 is 3.00 bits per heavy atom. The molecule has 1 N–H and O–H groups in total. The number of nitrogens with zero attached hydrogens (tertiary/aromatic N) is 3. The lowest BCUT2D eigenvalue weighted by atomic mass is 10.5. The van der Waals surface area contributed by atoms with Crippen LogP contribution in [0.15, 0.2) is 6.33 Å². The highest BCUT2D eigenvalue weighted by Gasteiger charge is 2.01. The van der Waals surface area contributed by atoms with Crippen molar-refractivity contribution < 1.29 is 13.5 Å². The largest absolute Gasteiger partial charge is 0.374 e. The number of hydrogen-bond acceptors (Lipinski definition) is 4. The Balaban J connectivity index is 2.00. The molecule has 0 atom stereocenters. The highest BCUT2D eigenvalue weighted by Crippen LogP contribution is 1.92. The van der Waals surface area contributed by atoms with Crippen molar-refractivity contribution in [3.63, 3.8) is 0 Å². The third-order valence-electron chi connectivity index (χ3n) is 1.76. The monoisotopic (exact) mass is 220 g/mol. The van der Waals surface area contributed by atoms with Crippen LogP contribution in [0.4, 0.5) is 8.78 Å². The van der Waals surface area contributed by atoms with E-state index < -0.39 is 13.0 Å². The third kappa shape index (κ3) is 4.80. The maximum absolute atomic E-state index is 11.7. The molecule has 0 unspecified atom stereocenters. The summed E-state index contributed by atoms with van der Waals surface area (Å²) in [7, 11) is 1.84. The molecule has 0 aliphatic heterocycles. The lowest BCUT2D eigenvalue weighted by Gasteiger charge is -2.05. The van der Waals surface area contributed by atoms with Crippen LogP contribution in [-0.2, 0) is 18.3 Å². The molecular formula is C8H14F2N4O. The van der Waals surface area contributed by atoms with Gasteiger partial charge in [0.25, 0.3) is 6.43 Å². The minimum atomic E-state index is -2.40. The first-order chi connectivity index (χ1) is 7.20. The van der Waals surface area contributed by atoms with E-state index in [-0.39, 0.29) is 6.61 Å². The highest BCUT2D eigenvalue weighted by molar-refractivity contribution is 4.82. The lowest BCUT2D eigenvalue weighted by Crippen LogP contribution is -2.22. The van der Waals surface area contributed by atoms with Crippen molar-refractivity contribution in [2.24, 2.45) is 7.05 Å². The van der Waals surface area contributed by atoms with Gasteiger partial charge in [0.1, 0.15) is 18.8 Å². The molecule has 0 saturated carbocycles. The van der Waals surface area contributed by atoms with E-state index in [2.05, 4.69) is 20.3 Å². The molecule has 0 aliphatic rings. The number of halogens is 2. The Morgan fingerprint density at radius 2 is 2.40 bits per heavy atom. The smallest absolute Gasteiger partial charge is 0.261 e. The van der Waals surface area contributed by atoms with Crippen molar-refractivity contribution in [2.45, 2.75) is 13.0 Å². The maximum atomic E-state index is 11.7. The van der Waals surface area contributed by atoms with E-state index in [0.717, 1.165) is 5.82 Å². The van der Waals surface area contributed by atoms with Crippen LogP contribution >= 0.6 is 0 Å². The zero-order chi connectivity index (χ0) is 11.1. The van der Waals surface area contributed by atoms with E-state index in [1.54, 1.807) is 10.9 Å². The number of rotatable bonds is 7. The van der Waals surface area contributed by atoms with E-state index in [0.29, 0.717) is 13.1 Å². The molecule has 1 heterocycles. The molecule has 7 heteroatoms. The summed E-state index contributed by atoms with van der Waals surface area (Å²) in [6.45, 7) is 0.821. The first-order valence-electron chi connectivity index (χ1n) is 4.59. The summed E-state index contributed by atoms with van der Waals surface area (Å²) in [4.78, 5) is 0. The summed E-state index contributed by atoms with van der Waals surface area (Å²) < 4.78 is 29.8. The Hall–Kier alpha value is -1.08. The summed E-state index contributed by atoms with van der Waals surface area (Å²) in [5, 5.41) is 10.6. The number of aryl methyl sites for hydroxylation is 1. The zero-order valence-electron chi connectivity index (χ0n) is 8.49. The second kappa shape index (κ2) is 6.41. The molecule has 1 aromatic heterocycles. The molecule has 86 valence electrons. The summed E-state index contributed by atoms with van der Waals surface area (Å²) in [6, 6.07) is 0. The van der Waals surface area contributed by atoms with Crippen molar-refractivity contribution in [3.8, 4) is 0 Å². The van der Waals surface area contributed by atoms with E-state index in [4.69, 9.17) is 0 Å². The first-order valence-corrected chi connectivity index (χ1v) is 4.59. The summed E-state index contributed by atoms with van der Waals surface area (Å²) in [6.07, 6.45) is -0.798. The Morgan fingerprint density at radius 1 is 1.60 bits per heavy atom. The summed E-state index contributed by atoms with van der Waals surface area (Å²) in [5.41, 5.74) is 0. The van der Waals surface area contributed by atoms with Gasteiger partial charge in [-0.05, 0) is 0 Å². The van der Waals surface area contributed by atoms with E-state index in [1.807, 2.05) is 7.05 Å². The van der Waals surface area contributed by atoms with Gasteiger partial charge < -0.3 is 14.6 Å². The van der Waals surface area contributed by atoms with Crippen LogP contribution in [0.2, 0.25) is 0 Å². The van der Waals surface area contributed by atoms with Gasteiger partial charge in [-0.25, -0.2) is 8.78 Å². The van der Waals surface area contributed by atoms with Crippen LogP contribution in [0, 0.1) is 0 Å². The van der Waals surface area contributed by atoms with Crippen molar-refractivity contribution >= 4 is 0 Å². The number of aromatic nitrogens is 3. The molecule has 0 fully saturated rings. The van der Waals surface area contributed by atoms with Gasteiger partial charge in [-0.2, -0.15) is 0 Å². The molecule has 5 nitrogen and oxygen atoms in total. The molecule has 0 bridgehead atoms. The van der Waals surface area contributed by atoms with E-state index in [9.17, 15) is 8.78 Å². The molecule has 0 spiro atoms. The third-order valence-corrected chi connectivity index (χ3v) is 1.76. The summed E-state index contributed by atoms with van der Waals surface area (Å²) in [5.74, 6) is 0.795. The second-order valence-electron chi connectivity index (χ2n) is 3.00. The average molecular weight is 220 g/mol. The van der Waals surface area contributed by atoms with Crippen LogP contribution < -0.4 is 5.32 Å². The Kier molecular flexibility index (Phi) is 5.13. The van der Waals surface area contributed by atoms with Gasteiger partial charge in [0.05, 0.1) is 13.2 Å². The second-order valence-corrected chi connectivity index (χ2v) is 3.00. The zero-order valence-corrected chi connectivity index (χ0v) is 8.49. The molecule has 15 heavy (non-hydrogen) atoms. The normalized spacial score (nSPS) is 11.2. The molecule has 0 radical (unpaired) electrons. The van der Waals surface area contributed by atoms with Crippen LogP contribution in [0.1, 0.15) is 5.82 Å².